The number of nitriles is 1. The Kier molecular flexibility index (Phi) is 7.05. The molecule has 0 spiro atoms. The van der Waals surface area contributed by atoms with Crippen LogP contribution in [0, 0.1) is 11.3 Å². The predicted octanol–water partition coefficient (Wildman–Crippen LogP) is -0.881. The van der Waals surface area contributed by atoms with Gasteiger partial charge in [0, 0.05) is 39.1 Å². The monoisotopic (exact) mass is 156 g/mol. The van der Waals surface area contributed by atoms with E-state index in [0.717, 1.165) is 19.6 Å². The topological polar surface area (TPSA) is 79.1 Å². The third-order valence-corrected chi connectivity index (χ3v) is 1.43. The van der Waals surface area contributed by atoms with E-state index in [9.17, 15) is 0 Å². The fraction of sp³-hybridized carbons (Fsp3) is 0.857. The van der Waals surface area contributed by atoms with Crippen molar-refractivity contribution in [1.82, 2.24) is 4.90 Å². The largest absolute Gasteiger partial charge is 0.329 e. The van der Waals surface area contributed by atoms with Crippen LogP contribution in [-0.4, -0.2) is 37.6 Å². The number of hydrogen-bond acceptors (Lipinski definition) is 4. The van der Waals surface area contributed by atoms with Gasteiger partial charge in [0.25, 0.3) is 0 Å². The maximum Gasteiger partial charge on any atom is 0.0635 e. The molecule has 0 unspecified atom stereocenters. The molecule has 11 heavy (non-hydrogen) atoms. The summed E-state index contributed by atoms with van der Waals surface area (Å²) in [6.07, 6.45) is 0.556. The molecule has 64 valence electrons. The summed E-state index contributed by atoms with van der Waals surface area (Å²) in [5, 5.41) is 8.31. The van der Waals surface area contributed by atoms with Gasteiger partial charge in [0.1, 0.15) is 0 Å². The van der Waals surface area contributed by atoms with Crippen LogP contribution in [0.1, 0.15) is 6.42 Å². The molecule has 4 nitrogen and oxygen atoms in total. The van der Waals surface area contributed by atoms with E-state index in [1.54, 1.807) is 0 Å². The minimum absolute atomic E-state index is 0.556. The van der Waals surface area contributed by atoms with Crippen molar-refractivity contribution in [3.05, 3.63) is 0 Å². The Morgan fingerprint density at radius 3 is 2.00 bits per heavy atom. The van der Waals surface area contributed by atoms with Gasteiger partial charge in [0.2, 0.25) is 0 Å². The second-order valence-corrected chi connectivity index (χ2v) is 2.33. The Hall–Kier alpha value is -0.630. The molecule has 0 rings (SSSR count). The van der Waals surface area contributed by atoms with Gasteiger partial charge in [-0.05, 0) is 0 Å². The highest BCUT2D eigenvalue weighted by molar-refractivity contribution is 4.72. The fourth-order valence-electron chi connectivity index (χ4n) is 0.909. The van der Waals surface area contributed by atoms with Crippen molar-refractivity contribution in [3.63, 3.8) is 0 Å². The van der Waals surface area contributed by atoms with Crippen molar-refractivity contribution in [2.24, 2.45) is 11.5 Å². The smallest absolute Gasteiger partial charge is 0.0635 e. The van der Waals surface area contributed by atoms with Crippen molar-refractivity contribution in [1.29, 1.82) is 5.26 Å². The maximum absolute atomic E-state index is 8.31. The van der Waals surface area contributed by atoms with Gasteiger partial charge in [0.05, 0.1) is 6.07 Å². The third-order valence-electron chi connectivity index (χ3n) is 1.43. The van der Waals surface area contributed by atoms with Crippen LogP contribution < -0.4 is 11.5 Å². The average Bonchev–Trinajstić information content (AvgIpc) is 2.01. The van der Waals surface area contributed by atoms with E-state index in [4.69, 9.17) is 16.7 Å². The Labute approximate surface area is 67.8 Å². The number of nitrogens with zero attached hydrogens (tertiary/aromatic N) is 2. The number of hydrogen-bond donors (Lipinski definition) is 2. The fourth-order valence-corrected chi connectivity index (χ4v) is 0.909. The van der Waals surface area contributed by atoms with Gasteiger partial charge >= 0.3 is 0 Å². The molecule has 0 aromatic carbocycles. The molecule has 0 aromatic heterocycles. The van der Waals surface area contributed by atoms with Crippen molar-refractivity contribution in [3.8, 4) is 6.07 Å². The summed E-state index contributed by atoms with van der Waals surface area (Å²) in [4.78, 5) is 2.10. The van der Waals surface area contributed by atoms with E-state index in [1.807, 2.05) is 0 Å². The van der Waals surface area contributed by atoms with Crippen LogP contribution in [-0.2, 0) is 0 Å². The molecule has 4 N–H and O–H groups in total. The van der Waals surface area contributed by atoms with E-state index in [0.29, 0.717) is 19.5 Å². The normalized spacial score (nSPS) is 10.0. The molecule has 0 aliphatic rings. The lowest BCUT2D eigenvalue weighted by Gasteiger charge is -2.18. The van der Waals surface area contributed by atoms with Crippen LogP contribution in [0.3, 0.4) is 0 Å². The van der Waals surface area contributed by atoms with Crippen LogP contribution in [0.5, 0.6) is 0 Å². The minimum atomic E-state index is 0.556. The lowest BCUT2D eigenvalue weighted by molar-refractivity contribution is 0.295. The molecular formula is C7H16N4. The van der Waals surface area contributed by atoms with Crippen LogP contribution in [0.15, 0.2) is 0 Å². The van der Waals surface area contributed by atoms with Gasteiger partial charge in [0.15, 0.2) is 0 Å². The van der Waals surface area contributed by atoms with Gasteiger partial charge in [-0.1, -0.05) is 0 Å². The van der Waals surface area contributed by atoms with Gasteiger partial charge in [-0.3, -0.25) is 4.90 Å². The maximum atomic E-state index is 8.31. The zero-order valence-electron chi connectivity index (χ0n) is 6.79. The molecular weight excluding hydrogens is 140 g/mol. The summed E-state index contributed by atoms with van der Waals surface area (Å²) >= 11 is 0. The Balaban J connectivity index is 3.44. The SMILES string of the molecule is N#CCCN(CCN)CCN. The van der Waals surface area contributed by atoms with Gasteiger partial charge in [-0.2, -0.15) is 5.26 Å². The van der Waals surface area contributed by atoms with Crippen LogP contribution >= 0.6 is 0 Å². The first-order chi connectivity index (χ1) is 5.35. The first-order valence-electron chi connectivity index (χ1n) is 3.84. The minimum Gasteiger partial charge on any atom is -0.329 e. The first kappa shape index (κ1) is 10.4. The second kappa shape index (κ2) is 7.48. The summed E-state index contributed by atoms with van der Waals surface area (Å²) in [6.45, 7) is 3.71. The summed E-state index contributed by atoms with van der Waals surface area (Å²) < 4.78 is 0. The molecule has 0 saturated heterocycles. The predicted molar refractivity (Wildman–Crippen MR) is 44.8 cm³/mol. The van der Waals surface area contributed by atoms with Crippen LogP contribution in [0.2, 0.25) is 0 Å². The van der Waals surface area contributed by atoms with E-state index in [-0.39, 0.29) is 0 Å². The molecule has 0 heterocycles. The average molecular weight is 156 g/mol. The standard InChI is InChI=1S/C7H16N4/c8-2-1-5-11(6-3-9)7-4-10/h1,3-7,9-10H2. The quantitative estimate of drug-likeness (QED) is 0.523. The first-order valence-corrected chi connectivity index (χ1v) is 3.84. The van der Waals surface area contributed by atoms with Gasteiger partial charge in [-0.25, -0.2) is 0 Å². The zero-order valence-corrected chi connectivity index (χ0v) is 6.79. The van der Waals surface area contributed by atoms with E-state index < -0.39 is 0 Å². The Bertz CT molecular complexity index is 112. The summed E-state index contributed by atoms with van der Waals surface area (Å²) in [5.74, 6) is 0. The van der Waals surface area contributed by atoms with Gasteiger partial charge in [-0.15, -0.1) is 0 Å². The zero-order chi connectivity index (χ0) is 8.53. The van der Waals surface area contributed by atoms with Crippen LogP contribution in [0.4, 0.5) is 0 Å². The lowest BCUT2D eigenvalue weighted by atomic mass is 10.4. The number of rotatable bonds is 6. The molecule has 0 amide bonds. The molecule has 0 aromatic rings. The summed E-state index contributed by atoms with van der Waals surface area (Å²) in [5.41, 5.74) is 10.7. The summed E-state index contributed by atoms with van der Waals surface area (Å²) in [7, 11) is 0. The Morgan fingerprint density at radius 1 is 1.09 bits per heavy atom. The van der Waals surface area contributed by atoms with Crippen LogP contribution in [0.25, 0.3) is 0 Å². The van der Waals surface area contributed by atoms with E-state index >= 15 is 0 Å². The van der Waals surface area contributed by atoms with E-state index in [1.165, 1.54) is 0 Å². The lowest BCUT2D eigenvalue weighted by Crippen LogP contribution is -2.34. The molecule has 0 atom stereocenters. The van der Waals surface area contributed by atoms with Crippen molar-refractivity contribution in [2.75, 3.05) is 32.7 Å². The molecule has 0 fully saturated rings. The Morgan fingerprint density at radius 2 is 1.64 bits per heavy atom. The van der Waals surface area contributed by atoms with Crippen molar-refractivity contribution in [2.45, 2.75) is 6.42 Å². The molecule has 0 radical (unpaired) electrons. The second-order valence-electron chi connectivity index (χ2n) is 2.33. The highest BCUT2D eigenvalue weighted by atomic mass is 15.1. The number of nitrogens with two attached hydrogens (primary N) is 2. The summed E-state index contributed by atoms with van der Waals surface area (Å²) in [6, 6.07) is 2.09. The molecule has 0 aliphatic heterocycles. The molecule has 4 heteroatoms. The third kappa shape index (κ3) is 5.80. The molecule has 0 aliphatic carbocycles. The molecule has 0 bridgehead atoms. The molecule has 0 saturated carbocycles. The highest BCUT2D eigenvalue weighted by Crippen LogP contribution is 1.87. The van der Waals surface area contributed by atoms with Crippen molar-refractivity contribution < 1.29 is 0 Å². The van der Waals surface area contributed by atoms with Crippen molar-refractivity contribution >= 4 is 0 Å². The highest BCUT2D eigenvalue weighted by Gasteiger charge is 2.00. The van der Waals surface area contributed by atoms with E-state index in [2.05, 4.69) is 11.0 Å². The van der Waals surface area contributed by atoms with Gasteiger partial charge < -0.3 is 11.5 Å².